The van der Waals surface area contributed by atoms with E-state index in [1.54, 1.807) is 0 Å². The van der Waals surface area contributed by atoms with Gasteiger partial charge in [0.25, 0.3) is 0 Å². The lowest BCUT2D eigenvalue weighted by Gasteiger charge is -2.42. The number of nitrogens with one attached hydrogen (secondary N) is 1. The summed E-state index contributed by atoms with van der Waals surface area (Å²) < 4.78 is 5.95. The van der Waals surface area contributed by atoms with Crippen LogP contribution in [0.4, 0.5) is 4.79 Å². The Morgan fingerprint density at radius 2 is 1.47 bits per heavy atom. The number of alkyl carbamates (subject to hydrolysis) is 1. The van der Waals surface area contributed by atoms with Crippen LogP contribution in [0.2, 0.25) is 0 Å². The first kappa shape index (κ1) is 26.4. The number of carbonyl (C=O) groups is 1. The highest BCUT2D eigenvalue weighted by atomic mass is 16.6. The molecule has 5 rings (SSSR count). The smallest absolute Gasteiger partial charge is 0.408 e. The predicted octanol–water partition coefficient (Wildman–Crippen LogP) is 8.06. The van der Waals surface area contributed by atoms with Gasteiger partial charge in [-0.15, -0.1) is 0 Å². The van der Waals surface area contributed by atoms with Gasteiger partial charge in [-0.25, -0.2) is 14.8 Å². The number of carbonyl (C=O) groups excluding carboxylic acids is 1. The van der Waals surface area contributed by atoms with Gasteiger partial charge < -0.3 is 10.1 Å². The van der Waals surface area contributed by atoms with Gasteiger partial charge in [0.05, 0.1) is 5.69 Å². The van der Waals surface area contributed by atoms with Gasteiger partial charge in [0, 0.05) is 22.9 Å². The predicted molar refractivity (Wildman–Crippen MR) is 153 cm³/mol. The molecule has 1 saturated carbocycles. The second-order valence-corrected chi connectivity index (χ2v) is 13.5. The van der Waals surface area contributed by atoms with Crippen molar-refractivity contribution in [2.24, 2.45) is 0 Å². The van der Waals surface area contributed by atoms with Gasteiger partial charge in [-0.1, -0.05) is 64.1 Å². The van der Waals surface area contributed by atoms with Crippen LogP contribution in [0.25, 0.3) is 22.6 Å². The zero-order valence-corrected chi connectivity index (χ0v) is 23.9. The van der Waals surface area contributed by atoms with E-state index in [1.807, 2.05) is 45.2 Å². The van der Waals surface area contributed by atoms with Crippen LogP contribution in [0.15, 0.2) is 54.7 Å². The molecule has 1 heterocycles. The topological polar surface area (TPSA) is 64.1 Å². The molecule has 0 spiro atoms. The molecule has 2 aliphatic carbocycles. The maximum absolute atomic E-state index is 12.5. The third-order valence-electron chi connectivity index (χ3n) is 8.40. The molecule has 200 valence electrons. The van der Waals surface area contributed by atoms with Crippen molar-refractivity contribution >= 4 is 6.09 Å². The Hall–Kier alpha value is -3.21. The average Bonchev–Trinajstić information content (AvgIpc) is 2.83. The van der Waals surface area contributed by atoms with Crippen molar-refractivity contribution in [3.63, 3.8) is 0 Å². The Bertz CT molecular complexity index is 1350. The molecule has 1 aromatic heterocycles. The Balaban J connectivity index is 1.40. The first-order valence-corrected chi connectivity index (χ1v) is 13.9. The Morgan fingerprint density at radius 3 is 2.08 bits per heavy atom. The van der Waals surface area contributed by atoms with Crippen molar-refractivity contribution in [3.05, 3.63) is 71.4 Å². The van der Waals surface area contributed by atoms with Crippen LogP contribution in [0.1, 0.15) is 97.3 Å². The normalized spacial score (nSPS) is 19.1. The summed E-state index contributed by atoms with van der Waals surface area (Å²) >= 11 is 0. The Kier molecular flexibility index (Phi) is 6.40. The van der Waals surface area contributed by atoms with Gasteiger partial charge in [0.1, 0.15) is 5.60 Å². The molecule has 1 fully saturated rings. The van der Waals surface area contributed by atoms with Crippen molar-refractivity contribution in [2.75, 3.05) is 0 Å². The number of ether oxygens (including phenoxy) is 1. The molecule has 0 atom stereocenters. The minimum absolute atomic E-state index is 0.149. The van der Waals surface area contributed by atoms with Gasteiger partial charge in [-0.2, -0.15) is 0 Å². The number of fused-ring (bicyclic) bond motifs is 1. The number of hydrogen-bond acceptors (Lipinski definition) is 4. The number of amides is 1. The molecular weight excluding hydrogens is 470 g/mol. The lowest BCUT2D eigenvalue weighted by molar-refractivity contribution is -0.0549. The summed E-state index contributed by atoms with van der Waals surface area (Å²) in [4.78, 5) is 22.1. The molecule has 5 heteroatoms. The maximum atomic E-state index is 12.5. The maximum Gasteiger partial charge on any atom is 0.408 e. The summed E-state index contributed by atoms with van der Waals surface area (Å²) in [5.41, 5.74) is 6.35. The summed E-state index contributed by atoms with van der Waals surface area (Å²) in [7, 11) is 0. The van der Waals surface area contributed by atoms with Crippen molar-refractivity contribution in [2.45, 2.75) is 103 Å². The third-order valence-corrected chi connectivity index (χ3v) is 8.40. The summed E-state index contributed by atoms with van der Waals surface area (Å²) in [6.07, 6.45) is 6.57. The number of aromatic nitrogens is 2. The molecule has 5 nitrogen and oxygen atoms in total. The van der Waals surface area contributed by atoms with E-state index in [2.05, 4.69) is 68.3 Å². The number of rotatable bonds is 4. The van der Waals surface area contributed by atoms with E-state index in [0.29, 0.717) is 5.82 Å². The Labute approximate surface area is 227 Å². The summed E-state index contributed by atoms with van der Waals surface area (Å²) in [6.45, 7) is 15.3. The second kappa shape index (κ2) is 9.21. The number of hydrogen-bond donors (Lipinski definition) is 1. The lowest BCUT2D eigenvalue weighted by Crippen LogP contribution is -2.47. The van der Waals surface area contributed by atoms with Crippen molar-refractivity contribution < 1.29 is 9.53 Å². The summed E-state index contributed by atoms with van der Waals surface area (Å²) in [5, 5.41) is 2.92. The van der Waals surface area contributed by atoms with E-state index in [1.165, 1.54) is 24.0 Å². The van der Waals surface area contributed by atoms with Crippen LogP contribution in [0, 0.1) is 0 Å². The van der Waals surface area contributed by atoms with Crippen LogP contribution < -0.4 is 5.32 Å². The van der Waals surface area contributed by atoms with Gasteiger partial charge in [0.2, 0.25) is 0 Å². The molecular formula is C33H41N3O2. The molecule has 0 aliphatic heterocycles. The van der Waals surface area contributed by atoms with E-state index in [4.69, 9.17) is 9.72 Å². The van der Waals surface area contributed by atoms with E-state index >= 15 is 0 Å². The van der Waals surface area contributed by atoms with Gasteiger partial charge in [-0.3, -0.25) is 0 Å². The van der Waals surface area contributed by atoms with Crippen LogP contribution >= 0.6 is 0 Å². The number of benzene rings is 2. The van der Waals surface area contributed by atoms with Crippen LogP contribution in [0.3, 0.4) is 0 Å². The molecule has 0 unspecified atom stereocenters. The van der Waals surface area contributed by atoms with Crippen molar-refractivity contribution in [1.82, 2.24) is 15.3 Å². The Morgan fingerprint density at radius 1 is 0.842 bits per heavy atom. The zero-order chi connectivity index (χ0) is 27.3. The molecule has 2 aliphatic rings. The SMILES string of the molecule is CC(C)(C)NC(=O)OC1(c2ccc(-c3nccc(-c4ccc5c(c4)C(C)(C)CCC5(C)C)n3)cc2)CCC1. The van der Waals surface area contributed by atoms with Crippen LogP contribution in [-0.2, 0) is 21.2 Å². The van der Waals surface area contributed by atoms with Gasteiger partial charge >= 0.3 is 6.09 Å². The van der Waals surface area contributed by atoms with Gasteiger partial charge in [-0.05, 0) is 92.5 Å². The van der Waals surface area contributed by atoms with Crippen LogP contribution in [-0.4, -0.2) is 21.6 Å². The summed E-state index contributed by atoms with van der Waals surface area (Å²) in [6, 6.07) is 17.0. The number of nitrogens with zero attached hydrogens (tertiary/aromatic N) is 2. The molecule has 0 bridgehead atoms. The molecule has 0 saturated heterocycles. The zero-order valence-electron chi connectivity index (χ0n) is 23.9. The minimum Gasteiger partial charge on any atom is -0.438 e. The monoisotopic (exact) mass is 511 g/mol. The van der Waals surface area contributed by atoms with Gasteiger partial charge in [0.15, 0.2) is 5.82 Å². The quantitative estimate of drug-likeness (QED) is 0.385. The molecule has 1 amide bonds. The molecule has 0 radical (unpaired) electrons. The third kappa shape index (κ3) is 5.08. The fourth-order valence-corrected chi connectivity index (χ4v) is 5.79. The molecule has 3 aromatic rings. The first-order chi connectivity index (χ1) is 17.8. The minimum atomic E-state index is -0.555. The largest absolute Gasteiger partial charge is 0.438 e. The summed E-state index contributed by atoms with van der Waals surface area (Å²) in [5.74, 6) is 0.695. The second-order valence-electron chi connectivity index (χ2n) is 13.5. The van der Waals surface area contributed by atoms with E-state index < -0.39 is 5.60 Å². The van der Waals surface area contributed by atoms with Crippen molar-refractivity contribution in [3.8, 4) is 22.6 Å². The standard InChI is InChI=1S/C33H41N3O2/c1-30(2,3)36-29(37)38-33(16-8-17-33)24-12-9-22(10-13-24)28-34-20-15-27(35-28)23-11-14-25-26(21-23)32(6,7)19-18-31(25,4)5/h9-15,20-21H,8,16-19H2,1-7H3,(H,36,37). The fourth-order valence-electron chi connectivity index (χ4n) is 5.79. The molecule has 38 heavy (non-hydrogen) atoms. The van der Waals surface area contributed by atoms with E-state index in [9.17, 15) is 4.79 Å². The highest BCUT2D eigenvalue weighted by molar-refractivity contribution is 5.69. The van der Waals surface area contributed by atoms with Crippen molar-refractivity contribution in [1.29, 1.82) is 0 Å². The van der Waals surface area contributed by atoms with Crippen LogP contribution in [0.5, 0.6) is 0 Å². The lowest BCUT2D eigenvalue weighted by atomic mass is 9.63. The highest BCUT2D eigenvalue weighted by Gasteiger charge is 2.43. The van der Waals surface area contributed by atoms with E-state index in [0.717, 1.165) is 41.6 Å². The molecule has 1 N–H and O–H groups in total. The molecule has 2 aromatic carbocycles. The highest BCUT2D eigenvalue weighted by Crippen LogP contribution is 2.47. The fraction of sp³-hybridized carbons (Fsp3) is 0.485. The first-order valence-electron chi connectivity index (χ1n) is 13.9. The average molecular weight is 512 g/mol. The van der Waals surface area contributed by atoms with E-state index in [-0.39, 0.29) is 22.5 Å².